The fraction of sp³-hybridized carbons (Fsp3) is 0.333. The summed E-state index contributed by atoms with van der Waals surface area (Å²) in [7, 11) is 1.62. The van der Waals surface area contributed by atoms with Gasteiger partial charge in [-0.1, -0.05) is 18.4 Å². The number of allylic oxidation sites excluding steroid dienone is 1. The molecule has 0 aliphatic carbocycles. The molecule has 18 heavy (non-hydrogen) atoms. The minimum Gasteiger partial charge on any atom is -0.492 e. The smallest absolute Gasteiger partial charge is 0.231 e. The highest BCUT2D eigenvalue weighted by atomic mass is 16.7. The van der Waals surface area contributed by atoms with Crippen LogP contribution in [0.3, 0.4) is 0 Å². The maximum Gasteiger partial charge on any atom is 0.231 e. The van der Waals surface area contributed by atoms with Gasteiger partial charge in [-0.2, -0.15) is 0 Å². The largest absolute Gasteiger partial charge is 0.492 e. The topological polar surface area (TPSA) is 27.7 Å². The first-order valence-corrected chi connectivity index (χ1v) is 5.70. The molecule has 0 radical (unpaired) electrons. The van der Waals surface area contributed by atoms with Crippen molar-refractivity contribution in [2.24, 2.45) is 0 Å². The fourth-order valence-corrected chi connectivity index (χ4v) is 2.01. The number of benzene rings is 1. The normalized spacial score (nSPS) is 11.8. The van der Waals surface area contributed by atoms with Crippen LogP contribution < -0.4 is 14.2 Å². The van der Waals surface area contributed by atoms with Crippen LogP contribution in [-0.2, 0) is 0 Å². The molecule has 0 unspecified atom stereocenters. The van der Waals surface area contributed by atoms with Gasteiger partial charge in [0.25, 0.3) is 0 Å². The summed E-state index contributed by atoms with van der Waals surface area (Å²) >= 11 is 0. The molecule has 0 fully saturated rings. The zero-order valence-electron chi connectivity index (χ0n) is 11.1. The van der Waals surface area contributed by atoms with E-state index < -0.39 is 0 Å². The van der Waals surface area contributed by atoms with E-state index in [1.807, 2.05) is 20.8 Å². The second-order valence-corrected chi connectivity index (χ2v) is 4.25. The van der Waals surface area contributed by atoms with Gasteiger partial charge < -0.3 is 14.2 Å². The molecule has 0 atom stereocenters. The first kappa shape index (κ1) is 12.4. The minimum atomic E-state index is 0.226. The van der Waals surface area contributed by atoms with Crippen LogP contribution in [0, 0.1) is 25.7 Å². The molecular formula is C15H16O3. The van der Waals surface area contributed by atoms with Gasteiger partial charge in [0.1, 0.15) is 0 Å². The van der Waals surface area contributed by atoms with E-state index in [9.17, 15) is 0 Å². The van der Waals surface area contributed by atoms with Crippen LogP contribution in [0.25, 0.3) is 0 Å². The Morgan fingerprint density at radius 1 is 1.22 bits per heavy atom. The van der Waals surface area contributed by atoms with Gasteiger partial charge in [0.15, 0.2) is 11.5 Å². The van der Waals surface area contributed by atoms with E-state index in [4.69, 9.17) is 14.2 Å². The van der Waals surface area contributed by atoms with E-state index in [-0.39, 0.29) is 6.79 Å². The van der Waals surface area contributed by atoms with Crippen LogP contribution in [0.4, 0.5) is 0 Å². The zero-order valence-corrected chi connectivity index (χ0v) is 11.1. The van der Waals surface area contributed by atoms with Crippen LogP contribution >= 0.6 is 0 Å². The molecule has 1 heterocycles. The van der Waals surface area contributed by atoms with Gasteiger partial charge in [-0.25, -0.2) is 0 Å². The number of hydrogen-bond acceptors (Lipinski definition) is 3. The Balaban J connectivity index is 2.68. The molecule has 3 nitrogen and oxygen atoms in total. The number of ether oxygens (including phenoxy) is 3. The Hall–Kier alpha value is -2.08. The van der Waals surface area contributed by atoms with Gasteiger partial charge >= 0.3 is 0 Å². The Bertz CT molecular complexity index is 574. The molecular weight excluding hydrogens is 228 g/mol. The highest BCUT2D eigenvalue weighted by Crippen LogP contribution is 2.47. The van der Waals surface area contributed by atoms with Gasteiger partial charge in [0.2, 0.25) is 12.5 Å². The average molecular weight is 244 g/mol. The average Bonchev–Trinajstić information content (AvgIpc) is 2.78. The third-order valence-corrected chi connectivity index (χ3v) is 2.86. The second-order valence-electron chi connectivity index (χ2n) is 4.25. The standard InChI is InChI=1S/C15H16O3/c1-9(2)6-7-12-10(3)13(16-5)15-14(11(12)4)17-8-18-15/h1,8H2,2-5H3. The molecule has 0 saturated carbocycles. The van der Waals surface area contributed by atoms with Crippen molar-refractivity contribution in [3.8, 4) is 29.1 Å². The highest BCUT2D eigenvalue weighted by molar-refractivity contribution is 5.68. The van der Waals surface area contributed by atoms with E-state index in [0.717, 1.165) is 28.0 Å². The SMILES string of the molecule is C=C(C)C#Cc1c(C)c(OC)c2c(c1C)OCO2. The first-order valence-electron chi connectivity index (χ1n) is 5.70. The van der Waals surface area contributed by atoms with Crippen molar-refractivity contribution in [3.05, 3.63) is 28.8 Å². The van der Waals surface area contributed by atoms with Gasteiger partial charge in [-0.05, 0) is 26.3 Å². The number of methoxy groups -OCH3 is 1. The zero-order chi connectivity index (χ0) is 13.3. The minimum absolute atomic E-state index is 0.226. The van der Waals surface area contributed by atoms with Gasteiger partial charge in [-0.3, -0.25) is 0 Å². The van der Waals surface area contributed by atoms with Crippen molar-refractivity contribution < 1.29 is 14.2 Å². The molecule has 0 aromatic heterocycles. The lowest BCUT2D eigenvalue weighted by molar-refractivity contribution is 0.170. The van der Waals surface area contributed by atoms with Crippen LogP contribution in [0.1, 0.15) is 23.6 Å². The monoisotopic (exact) mass is 244 g/mol. The molecule has 0 amide bonds. The van der Waals surface area contributed by atoms with E-state index >= 15 is 0 Å². The molecule has 0 bridgehead atoms. The lowest BCUT2D eigenvalue weighted by Gasteiger charge is -2.13. The highest BCUT2D eigenvalue weighted by Gasteiger charge is 2.26. The molecule has 1 aromatic carbocycles. The predicted octanol–water partition coefficient (Wildman–Crippen LogP) is 2.97. The quantitative estimate of drug-likeness (QED) is 0.711. The van der Waals surface area contributed by atoms with Crippen molar-refractivity contribution >= 4 is 0 Å². The third kappa shape index (κ3) is 1.91. The summed E-state index contributed by atoms with van der Waals surface area (Å²) in [5.74, 6) is 8.20. The van der Waals surface area contributed by atoms with E-state index in [1.165, 1.54) is 0 Å². The molecule has 94 valence electrons. The second kappa shape index (κ2) is 4.66. The molecule has 1 aliphatic rings. The Kier molecular flexibility index (Phi) is 3.20. The number of rotatable bonds is 1. The predicted molar refractivity (Wildman–Crippen MR) is 70.3 cm³/mol. The molecule has 3 heteroatoms. The van der Waals surface area contributed by atoms with Crippen molar-refractivity contribution in [1.29, 1.82) is 0 Å². The summed E-state index contributed by atoms with van der Waals surface area (Å²) < 4.78 is 16.3. The summed E-state index contributed by atoms with van der Waals surface area (Å²) in [5, 5.41) is 0. The number of hydrogen-bond donors (Lipinski definition) is 0. The Labute approximate surface area is 107 Å². The molecule has 1 aliphatic heterocycles. The van der Waals surface area contributed by atoms with Crippen molar-refractivity contribution in [2.75, 3.05) is 13.9 Å². The van der Waals surface area contributed by atoms with E-state index in [0.29, 0.717) is 11.5 Å². The molecule has 0 N–H and O–H groups in total. The summed E-state index contributed by atoms with van der Waals surface area (Å²) in [6, 6.07) is 0. The summed E-state index contributed by atoms with van der Waals surface area (Å²) in [4.78, 5) is 0. The van der Waals surface area contributed by atoms with Crippen molar-refractivity contribution in [1.82, 2.24) is 0 Å². The van der Waals surface area contributed by atoms with Gasteiger partial charge in [-0.15, -0.1) is 0 Å². The number of fused-ring (bicyclic) bond motifs is 1. The summed E-state index contributed by atoms with van der Waals surface area (Å²) in [6.45, 7) is 9.83. The van der Waals surface area contributed by atoms with E-state index in [1.54, 1.807) is 7.11 Å². The molecule has 2 rings (SSSR count). The fourth-order valence-electron chi connectivity index (χ4n) is 2.01. The van der Waals surface area contributed by atoms with Gasteiger partial charge in [0.05, 0.1) is 7.11 Å². The Morgan fingerprint density at radius 3 is 2.50 bits per heavy atom. The maximum absolute atomic E-state index is 5.48. The van der Waals surface area contributed by atoms with Crippen LogP contribution in [0.2, 0.25) is 0 Å². The van der Waals surface area contributed by atoms with E-state index in [2.05, 4.69) is 18.4 Å². The van der Waals surface area contributed by atoms with Crippen LogP contribution in [-0.4, -0.2) is 13.9 Å². The summed E-state index contributed by atoms with van der Waals surface area (Å²) in [6.07, 6.45) is 0. The van der Waals surface area contributed by atoms with Crippen LogP contribution in [0.5, 0.6) is 17.2 Å². The lowest BCUT2D eigenvalue weighted by Crippen LogP contribution is -1.96. The molecule has 0 spiro atoms. The maximum atomic E-state index is 5.48. The first-order chi connectivity index (χ1) is 8.56. The summed E-state index contributed by atoms with van der Waals surface area (Å²) in [5.41, 5.74) is 3.69. The van der Waals surface area contributed by atoms with Gasteiger partial charge in [0, 0.05) is 16.7 Å². The van der Waals surface area contributed by atoms with Crippen LogP contribution in [0.15, 0.2) is 12.2 Å². The molecule has 1 aromatic rings. The third-order valence-electron chi connectivity index (χ3n) is 2.86. The van der Waals surface area contributed by atoms with Crippen molar-refractivity contribution in [2.45, 2.75) is 20.8 Å². The Morgan fingerprint density at radius 2 is 1.89 bits per heavy atom. The lowest BCUT2D eigenvalue weighted by atomic mass is 10.00. The van der Waals surface area contributed by atoms with Crippen molar-refractivity contribution in [3.63, 3.8) is 0 Å². The molecule has 0 saturated heterocycles.